The molecule has 0 atom stereocenters. The molecule has 1 aliphatic heterocycles. The van der Waals surface area contributed by atoms with E-state index in [0.717, 1.165) is 11.1 Å². The Labute approximate surface area is 157 Å². The molecule has 6 nitrogen and oxygen atoms in total. The SMILES string of the molecule is Cc1ccc(NC(=O)C2(C(=O)Nc3ccc4c(c3)OCCO4)CC2)cc1C. The highest BCUT2D eigenvalue weighted by Gasteiger charge is 2.56. The summed E-state index contributed by atoms with van der Waals surface area (Å²) >= 11 is 0. The van der Waals surface area contributed by atoms with Crippen molar-refractivity contribution in [3.8, 4) is 11.5 Å². The molecule has 0 saturated heterocycles. The van der Waals surface area contributed by atoms with Crippen molar-refractivity contribution in [1.29, 1.82) is 0 Å². The molecule has 27 heavy (non-hydrogen) atoms. The number of ether oxygens (including phenoxy) is 2. The van der Waals surface area contributed by atoms with Crippen molar-refractivity contribution in [2.45, 2.75) is 26.7 Å². The van der Waals surface area contributed by atoms with Gasteiger partial charge in [0.2, 0.25) is 11.8 Å². The Balaban J connectivity index is 1.46. The van der Waals surface area contributed by atoms with Gasteiger partial charge in [0.15, 0.2) is 11.5 Å². The number of nitrogens with one attached hydrogen (secondary N) is 2. The highest BCUT2D eigenvalue weighted by molar-refractivity contribution is 6.17. The van der Waals surface area contributed by atoms with Crippen molar-refractivity contribution in [1.82, 2.24) is 0 Å². The zero-order valence-electron chi connectivity index (χ0n) is 15.4. The van der Waals surface area contributed by atoms with Gasteiger partial charge in [0.25, 0.3) is 0 Å². The number of fused-ring (bicyclic) bond motifs is 1. The third-order valence-corrected chi connectivity index (χ3v) is 5.18. The summed E-state index contributed by atoms with van der Waals surface area (Å²) in [7, 11) is 0. The van der Waals surface area contributed by atoms with E-state index in [0.29, 0.717) is 48.9 Å². The predicted molar refractivity (Wildman–Crippen MR) is 102 cm³/mol. The first kappa shape index (κ1) is 17.4. The first-order chi connectivity index (χ1) is 13.0. The Morgan fingerprint density at radius 1 is 0.815 bits per heavy atom. The number of amides is 2. The molecule has 1 heterocycles. The van der Waals surface area contributed by atoms with Gasteiger partial charge in [0.05, 0.1) is 0 Å². The fraction of sp³-hybridized carbons (Fsp3) is 0.333. The number of hydrogen-bond donors (Lipinski definition) is 2. The van der Waals surface area contributed by atoms with Gasteiger partial charge in [0, 0.05) is 17.4 Å². The molecule has 4 rings (SSSR count). The third-order valence-electron chi connectivity index (χ3n) is 5.18. The summed E-state index contributed by atoms with van der Waals surface area (Å²) in [6.45, 7) is 5.00. The molecule has 0 radical (unpaired) electrons. The standard InChI is InChI=1S/C21H22N2O4/c1-13-3-4-15(11-14(13)2)22-19(24)21(7-8-21)20(25)23-16-5-6-17-18(12-16)27-10-9-26-17/h3-6,11-12H,7-10H2,1-2H3,(H,22,24)(H,23,25). The normalized spacial score (nSPS) is 16.4. The minimum absolute atomic E-state index is 0.263. The summed E-state index contributed by atoms with van der Waals surface area (Å²) in [5.41, 5.74) is 2.55. The number of carbonyl (C=O) groups is 2. The molecular formula is C21H22N2O4. The van der Waals surface area contributed by atoms with E-state index in [1.165, 1.54) is 0 Å². The second kappa shape index (κ2) is 6.61. The maximum absolute atomic E-state index is 12.8. The molecule has 1 aliphatic carbocycles. The van der Waals surface area contributed by atoms with Crippen LogP contribution in [0, 0.1) is 19.3 Å². The van der Waals surface area contributed by atoms with Crippen molar-refractivity contribution in [2.75, 3.05) is 23.8 Å². The van der Waals surface area contributed by atoms with Gasteiger partial charge in [-0.05, 0) is 62.1 Å². The Hall–Kier alpha value is -3.02. The second-order valence-corrected chi connectivity index (χ2v) is 7.15. The van der Waals surface area contributed by atoms with Crippen LogP contribution in [-0.2, 0) is 9.59 Å². The summed E-state index contributed by atoms with van der Waals surface area (Å²) in [6, 6.07) is 11.0. The lowest BCUT2D eigenvalue weighted by Crippen LogP contribution is -2.35. The summed E-state index contributed by atoms with van der Waals surface area (Å²) in [4.78, 5) is 25.5. The van der Waals surface area contributed by atoms with Gasteiger partial charge in [-0.25, -0.2) is 0 Å². The number of hydrogen-bond acceptors (Lipinski definition) is 4. The van der Waals surface area contributed by atoms with Gasteiger partial charge < -0.3 is 20.1 Å². The van der Waals surface area contributed by atoms with E-state index in [9.17, 15) is 9.59 Å². The van der Waals surface area contributed by atoms with E-state index in [4.69, 9.17) is 9.47 Å². The molecular weight excluding hydrogens is 344 g/mol. The Morgan fingerprint density at radius 2 is 1.41 bits per heavy atom. The maximum atomic E-state index is 12.8. The van der Waals surface area contributed by atoms with Gasteiger partial charge in [-0.1, -0.05) is 6.07 Å². The van der Waals surface area contributed by atoms with Crippen LogP contribution in [0.15, 0.2) is 36.4 Å². The van der Waals surface area contributed by atoms with E-state index >= 15 is 0 Å². The van der Waals surface area contributed by atoms with Crippen molar-refractivity contribution >= 4 is 23.2 Å². The average Bonchev–Trinajstić information content (AvgIpc) is 3.47. The first-order valence-electron chi connectivity index (χ1n) is 9.08. The zero-order valence-corrected chi connectivity index (χ0v) is 15.4. The van der Waals surface area contributed by atoms with Crippen LogP contribution in [0.5, 0.6) is 11.5 Å². The molecule has 1 fully saturated rings. The van der Waals surface area contributed by atoms with Gasteiger partial charge in [-0.15, -0.1) is 0 Å². The van der Waals surface area contributed by atoms with Crippen LogP contribution in [0.4, 0.5) is 11.4 Å². The zero-order chi connectivity index (χ0) is 19.0. The van der Waals surface area contributed by atoms with Crippen LogP contribution in [0.2, 0.25) is 0 Å². The monoisotopic (exact) mass is 366 g/mol. The molecule has 2 aromatic rings. The number of carbonyl (C=O) groups excluding carboxylic acids is 2. The van der Waals surface area contributed by atoms with Crippen LogP contribution in [0.25, 0.3) is 0 Å². The molecule has 1 saturated carbocycles. The summed E-state index contributed by atoms with van der Waals surface area (Å²) in [6.07, 6.45) is 1.08. The van der Waals surface area contributed by atoms with E-state index in [2.05, 4.69) is 10.6 Å². The Kier molecular flexibility index (Phi) is 4.26. The molecule has 2 N–H and O–H groups in total. The van der Waals surface area contributed by atoms with E-state index in [-0.39, 0.29) is 11.8 Å². The molecule has 2 aliphatic rings. The second-order valence-electron chi connectivity index (χ2n) is 7.15. The van der Waals surface area contributed by atoms with Gasteiger partial charge in [-0.2, -0.15) is 0 Å². The fourth-order valence-electron chi connectivity index (χ4n) is 3.12. The quantitative estimate of drug-likeness (QED) is 0.813. The molecule has 0 bridgehead atoms. The van der Waals surface area contributed by atoms with Crippen LogP contribution >= 0.6 is 0 Å². The summed E-state index contributed by atoms with van der Waals surface area (Å²) in [5, 5.41) is 5.73. The van der Waals surface area contributed by atoms with Crippen LogP contribution < -0.4 is 20.1 Å². The van der Waals surface area contributed by atoms with E-state index in [1.807, 2.05) is 32.0 Å². The molecule has 2 amide bonds. The van der Waals surface area contributed by atoms with Gasteiger partial charge in [0.1, 0.15) is 18.6 Å². The van der Waals surface area contributed by atoms with Gasteiger partial charge >= 0.3 is 0 Å². The number of anilines is 2. The predicted octanol–water partition coefficient (Wildman–Crippen LogP) is 3.43. The first-order valence-corrected chi connectivity index (χ1v) is 9.08. The number of aryl methyl sites for hydroxylation is 2. The lowest BCUT2D eigenvalue weighted by Gasteiger charge is -2.20. The van der Waals surface area contributed by atoms with E-state index in [1.54, 1.807) is 18.2 Å². The van der Waals surface area contributed by atoms with Crippen molar-refractivity contribution in [3.63, 3.8) is 0 Å². The van der Waals surface area contributed by atoms with Crippen LogP contribution in [0.3, 0.4) is 0 Å². The fourth-order valence-corrected chi connectivity index (χ4v) is 3.12. The molecule has 0 unspecified atom stereocenters. The van der Waals surface area contributed by atoms with Crippen LogP contribution in [-0.4, -0.2) is 25.0 Å². The molecule has 0 spiro atoms. The number of benzene rings is 2. The lowest BCUT2D eigenvalue weighted by molar-refractivity contribution is -0.131. The lowest BCUT2D eigenvalue weighted by atomic mass is 10.0. The third kappa shape index (κ3) is 3.35. The Morgan fingerprint density at radius 3 is 2.04 bits per heavy atom. The average molecular weight is 366 g/mol. The van der Waals surface area contributed by atoms with Gasteiger partial charge in [-0.3, -0.25) is 9.59 Å². The van der Waals surface area contributed by atoms with Crippen molar-refractivity contribution < 1.29 is 19.1 Å². The molecule has 0 aromatic heterocycles. The molecule has 6 heteroatoms. The minimum Gasteiger partial charge on any atom is -0.486 e. The topological polar surface area (TPSA) is 76.7 Å². The number of rotatable bonds is 4. The smallest absolute Gasteiger partial charge is 0.240 e. The van der Waals surface area contributed by atoms with Crippen molar-refractivity contribution in [2.24, 2.45) is 5.41 Å². The maximum Gasteiger partial charge on any atom is 0.240 e. The largest absolute Gasteiger partial charge is 0.486 e. The summed E-state index contributed by atoms with van der Waals surface area (Å²) < 4.78 is 11.0. The highest BCUT2D eigenvalue weighted by Crippen LogP contribution is 2.48. The summed E-state index contributed by atoms with van der Waals surface area (Å²) in [5.74, 6) is 0.706. The Bertz CT molecular complexity index is 918. The molecule has 140 valence electrons. The van der Waals surface area contributed by atoms with Crippen molar-refractivity contribution in [3.05, 3.63) is 47.5 Å². The van der Waals surface area contributed by atoms with Crippen LogP contribution in [0.1, 0.15) is 24.0 Å². The minimum atomic E-state index is -1.01. The highest BCUT2D eigenvalue weighted by atomic mass is 16.6. The van der Waals surface area contributed by atoms with E-state index < -0.39 is 5.41 Å². The molecule has 2 aromatic carbocycles.